The molecule has 0 saturated heterocycles. The standard InChI is InChI=1S/C16H19ClN2OS/c1-2-21-14-9-5-8-13(14)19-15(10-17)18-12-7-4-3-6-11(12)16(19)20/h3-4,6-7,13-14H,2,5,8-10H2,1H3. The van der Waals surface area contributed by atoms with Gasteiger partial charge in [-0.3, -0.25) is 9.36 Å². The van der Waals surface area contributed by atoms with Gasteiger partial charge in [-0.05, 0) is 30.7 Å². The predicted octanol–water partition coefficient (Wildman–Crippen LogP) is 3.98. The van der Waals surface area contributed by atoms with Crippen LogP contribution in [0.15, 0.2) is 29.1 Å². The third-order valence-electron chi connectivity index (χ3n) is 4.13. The van der Waals surface area contributed by atoms with Gasteiger partial charge in [-0.1, -0.05) is 25.5 Å². The van der Waals surface area contributed by atoms with E-state index in [1.54, 1.807) is 0 Å². The summed E-state index contributed by atoms with van der Waals surface area (Å²) in [6.07, 6.45) is 3.38. The Morgan fingerprint density at radius 3 is 2.95 bits per heavy atom. The van der Waals surface area contributed by atoms with Crippen molar-refractivity contribution in [3.63, 3.8) is 0 Å². The Kier molecular flexibility index (Phi) is 4.55. The molecule has 3 rings (SSSR count). The molecule has 2 atom stereocenters. The van der Waals surface area contributed by atoms with Crippen molar-refractivity contribution in [2.24, 2.45) is 0 Å². The average Bonchev–Trinajstić information content (AvgIpc) is 2.95. The molecule has 112 valence electrons. The maximum absolute atomic E-state index is 12.9. The summed E-state index contributed by atoms with van der Waals surface area (Å²) < 4.78 is 1.87. The highest BCUT2D eigenvalue weighted by Crippen LogP contribution is 2.38. The van der Waals surface area contributed by atoms with Crippen molar-refractivity contribution in [2.45, 2.75) is 43.4 Å². The van der Waals surface area contributed by atoms with Crippen LogP contribution in [0.1, 0.15) is 38.1 Å². The van der Waals surface area contributed by atoms with E-state index in [1.165, 1.54) is 12.8 Å². The molecule has 0 amide bonds. The van der Waals surface area contributed by atoms with Crippen molar-refractivity contribution >= 4 is 34.3 Å². The maximum Gasteiger partial charge on any atom is 0.261 e. The second kappa shape index (κ2) is 6.41. The number of thioether (sulfide) groups is 1. The van der Waals surface area contributed by atoms with Crippen LogP contribution in [0.4, 0.5) is 0 Å². The van der Waals surface area contributed by atoms with E-state index in [9.17, 15) is 4.79 Å². The van der Waals surface area contributed by atoms with E-state index in [4.69, 9.17) is 11.6 Å². The Bertz CT molecular complexity index is 700. The van der Waals surface area contributed by atoms with E-state index in [-0.39, 0.29) is 17.5 Å². The minimum Gasteiger partial charge on any atom is -0.291 e. The second-order valence-electron chi connectivity index (χ2n) is 5.35. The lowest BCUT2D eigenvalue weighted by molar-refractivity contribution is 0.492. The van der Waals surface area contributed by atoms with Crippen molar-refractivity contribution in [3.8, 4) is 0 Å². The molecule has 1 aliphatic rings. The number of para-hydroxylation sites is 1. The van der Waals surface area contributed by atoms with E-state index < -0.39 is 0 Å². The van der Waals surface area contributed by atoms with Crippen molar-refractivity contribution in [2.75, 3.05) is 5.75 Å². The lowest BCUT2D eigenvalue weighted by Gasteiger charge is -2.23. The van der Waals surface area contributed by atoms with Gasteiger partial charge in [0, 0.05) is 5.25 Å². The van der Waals surface area contributed by atoms with Gasteiger partial charge in [0.1, 0.15) is 5.82 Å². The van der Waals surface area contributed by atoms with Crippen molar-refractivity contribution in [1.82, 2.24) is 9.55 Å². The molecular weight excluding hydrogens is 304 g/mol. The van der Waals surface area contributed by atoms with Crippen molar-refractivity contribution < 1.29 is 0 Å². The minimum absolute atomic E-state index is 0.0600. The summed E-state index contributed by atoms with van der Waals surface area (Å²) in [5, 5.41) is 1.19. The van der Waals surface area contributed by atoms with Crippen molar-refractivity contribution in [3.05, 3.63) is 40.4 Å². The molecule has 0 bridgehead atoms. The molecule has 1 aliphatic carbocycles. The first-order valence-electron chi connectivity index (χ1n) is 7.44. The van der Waals surface area contributed by atoms with Gasteiger partial charge >= 0.3 is 0 Å². The van der Waals surface area contributed by atoms with E-state index in [2.05, 4.69) is 11.9 Å². The van der Waals surface area contributed by atoms with Gasteiger partial charge in [0.25, 0.3) is 5.56 Å². The van der Waals surface area contributed by atoms with Gasteiger partial charge in [-0.15, -0.1) is 11.6 Å². The van der Waals surface area contributed by atoms with Crippen LogP contribution in [0.2, 0.25) is 0 Å². The Balaban J connectivity index is 2.16. The van der Waals surface area contributed by atoms with Gasteiger partial charge < -0.3 is 0 Å². The van der Waals surface area contributed by atoms with Crippen LogP contribution in [0.5, 0.6) is 0 Å². The lowest BCUT2D eigenvalue weighted by atomic mass is 10.2. The van der Waals surface area contributed by atoms with E-state index >= 15 is 0 Å². The molecule has 1 aromatic heterocycles. The van der Waals surface area contributed by atoms with Gasteiger partial charge in [-0.25, -0.2) is 4.98 Å². The number of nitrogens with zero attached hydrogens (tertiary/aromatic N) is 2. The zero-order chi connectivity index (χ0) is 14.8. The molecular formula is C16H19ClN2OS. The molecule has 1 heterocycles. The molecule has 5 heteroatoms. The number of alkyl halides is 1. The van der Waals surface area contributed by atoms with E-state index in [0.717, 1.165) is 17.7 Å². The number of hydrogen-bond donors (Lipinski definition) is 0. The first-order chi connectivity index (χ1) is 10.3. The Labute approximate surface area is 133 Å². The maximum atomic E-state index is 12.9. The fourth-order valence-corrected chi connectivity index (χ4v) is 4.67. The van der Waals surface area contributed by atoms with Crippen LogP contribution in [0.3, 0.4) is 0 Å². The highest BCUT2D eigenvalue weighted by molar-refractivity contribution is 7.99. The number of halogens is 1. The summed E-state index contributed by atoms with van der Waals surface area (Å²) >= 11 is 8.02. The monoisotopic (exact) mass is 322 g/mol. The SMILES string of the molecule is CCSC1CCCC1n1c(CCl)nc2ccccc2c1=O. The first kappa shape index (κ1) is 14.9. The summed E-state index contributed by atoms with van der Waals surface area (Å²) in [6, 6.07) is 7.76. The van der Waals surface area contributed by atoms with Crippen LogP contribution in [0, 0.1) is 0 Å². The number of benzene rings is 1. The molecule has 3 nitrogen and oxygen atoms in total. The lowest BCUT2D eigenvalue weighted by Crippen LogP contribution is -2.31. The number of aromatic nitrogens is 2. The smallest absolute Gasteiger partial charge is 0.261 e. The van der Waals surface area contributed by atoms with Gasteiger partial charge in [0.05, 0.1) is 22.8 Å². The normalized spacial score (nSPS) is 22.0. The van der Waals surface area contributed by atoms with Crippen molar-refractivity contribution in [1.29, 1.82) is 0 Å². The summed E-state index contributed by atoms with van der Waals surface area (Å²) in [5.74, 6) is 2.06. The second-order valence-corrected chi connectivity index (χ2v) is 7.13. The third kappa shape index (κ3) is 2.71. The summed E-state index contributed by atoms with van der Waals surface area (Å²) in [6.45, 7) is 2.17. The third-order valence-corrected chi connectivity index (χ3v) is 5.68. The highest BCUT2D eigenvalue weighted by Gasteiger charge is 2.31. The molecule has 21 heavy (non-hydrogen) atoms. The molecule has 0 N–H and O–H groups in total. The largest absolute Gasteiger partial charge is 0.291 e. The minimum atomic E-state index is 0.0600. The molecule has 0 radical (unpaired) electrons. The molecule has 0 aliphatic heterocycles. The Hall–Kier alpha value is -1.00. The Morgan fingerprint density at radius 1 is 1.38 bits per heavy atom. The number of fused-ring (bicyclic) bond motifs is 1. The number of hydrogen-bond acceptors (Lipinski definition) is 3. The Morgan fingerprint density at radius 2 is 2.19 bits per heavy atom. The van der Waals surface area contributed by atoms with Crippen LogP contribution < -0.4 is 5.56 Å². The summed E-state index contributed by atoms with van der Waals surface area (Å²) in [4.78, 5) is 17.5. The van der Waals surface area contributed by atoms with E-state index in [0.29, 0.717) is 16.5 Å². The van der Waals surface area contributed by atoms with Crippen LogP contribution in [-0.2, 0) is 5.88 Å². The van der Waals surface area contributed by atoms with Crippen LogP contribution in [-0.4, -0.2) is 20.6 Å². The van der Waals surface area contributed by atoms with Gasteiger partial charge in [-0.2, -0.15) is 11.8 Å². The first-order valence-corrected chi connectivity index (χ1v) is 9.02. The summed E-state index contributed by atoms with van der Waals surface area (Å²) in [7, 11) is 0. The van der Waals surface area contributed by atoms with Gasteiger partial charge in [0.15, 0.2) is 0 Å². The zero-order valence-electron chi connectivity index (χ0n) is 12.1. The molecule has 2 aromatic rings. The number of rotatable bonds is 4. The topological polar surface area (TPSA) is 34.9 Å². The quantitative estimate of drug-likeness (QED) is 0.798. The average molecular weight is 323 g/mol. The molecule has 1 aromatic carbocycles. The fourth-order valence-electron chi connectivity index (χ4n) is 3.24. The summed E-state index contributed by atoms with van der Waals surface area (Å²) in [5.41, 5.74) is 0.803. The molecule has 1 saturated carbocycles. The fraction of sp³-hybridized carbons (Fsp3) is 0.500. The van der Waals surface area contributed by atoms with Gasteiger partial charge in [0.2, 0.25) is 0 Å². The highest BCUT2D eigenvalue weighted by atomic mass is 35.5. The molecule has 0 spiro atoms. The molecule has 1 fully saturated rings. The predicted molar refractivity (Wildman–Crippen MR) is 90.4 cm³/mol. The van der Waals surface area contributed by atoms with E-state index in [1.807, 2.05) is 40.6 Å². The molecule has 2 unspecified atom stereocenters. The van der Waals surface area contributed by atoms with Crippen LogP contribution >= 0.6 is 23.4 Å². The zero-order valence-corrected chi connectivity index (χ0v) is 13.7. The van der Waals surface area contributed by atoms with Crippen LogP contribution in [0.25, 0.3) is 10.9 Å².